The van der Waals surface area contributed by atoms with Crippen LogP contribution in [0.25, 0.3) is 10.2 Å². The molecular formula is C16H19N3O2S. The molecule has 1 aliphatic rings. The average Bonchev–Trinajstić information content (AvgIpc) is 2.90. The van der Waals surface area contributed by atoms with E-state index in [9.17, 15) is 4.79 Å². The van der Waals surface area contributed by atoms with Crippen molar-refractivity contribution in [1.82, 2.24) is 4.98 Å². The maximum absolute atomic E-state index is 11.8. The third-order valence-electron chi connectivity index (χ3n) is 3.35. The first-order valence-electron chi connectivity index (χ1n) is 7.31. The van der Waals surface area contributed by atoms with Crippen molar-refractivity contribution in [3.05, 3.63) is 29.8 Å². The van der Waals surface area contributed by atoms with E-state index in [1.807, 2.05) is 32.0 Å². The van der Waals surface area contributed by atoms with Gasteiger partial charge in [0.1, 0.15) is 0 Å². The molecule has 3 rings (SSSR count). The Morgan fingerprint density at radius 1 is 1.36 bits per heavy atom. The van der Waals surface area contributed by atoms with Gasteiger partial charge in [-0.15, -0.1) is 0 Å². The van der Waals surface area contributed by atoms with Crippen LogP contribution >= 0.6 is 11.3 Å². The molecule has 0 spiro atoms. The van der Waals surface area contributed by atoms with Crippen LogP contribution in [0.5, 0.6) is 0 Å². The van der Waals surface area contributed by atoms with E-state index in [2.05, 4.69) is 15.2 Å². The van der Waals surface area contributed by atoms with Gasteiger partial charge in [-0.3, -0.25) is 4.79 Å². The van der Waals surface area contributed by atoms with Crippen molar-refractivity contribution in [2.75, 3.05) is 36.5 Å². The molecule has 0 aliphatic carbocycles. The monoisotopic (exact) mass is 317 g/mol. The van der Waals surface area contributed by atoms with Gasteiger partial charge in [0.05, 0.1) is 23.4 Å². The molecule has 1 aromatic heterocycles. The van der Waals surface area contributed by atoms with Gasteiger partial charge < -0.3 is 15.0 Å². The van der Waals surface area contributed by atoms with Gasteiger partial charge in [0.15, 0.2) is 5.13 Å². The van der Waals surface area contributed by atoms with Gasteiger partial charge in [-0.2, -0.15) is 0 Å². The van der Waals surface area contributed by atoms with E-state index < -0.39 is 0 Å². The lowest BCUT2D eigenvalue weighted by molar-refractivity contribution is -0.111. The highest BCUT2D eigenvalue weighted by Gasteiger charge is 2.15. The zero-order valence-electron chi connectivity index (χ0n) is 12.8. The molecule has 1 saturated heterocycles. The van der Waals surface area contributed by atoms with Crippen molar-refractivity contribution in [2.24, 2.45) is 0 Å². The Hall–Kier alpha value is -1.92. The van der Waals surface area contributed by atoms with Crippen LogP contribution in [0.4, 0.5) is 10.8 Å². The number of thiazole rings is 1. The summed E-state index contributed by atoms with van der Waals surface area (Å²) < 4.78 is 6.45. The number of fused-ring (bicyclic) bond motifs is 1. The summed E-state index contributed by atoms with van der Waals surface area (Å²) in [4.78, 5) is 18.7. The maximum atomic E-state index is 11.8. The molecule has 22 heavy (non-hydrogen) atoms. The Bertz CT molecular complexity index is 713. The number of ether oxygens (including phenoxy) is 1. The van der Waals surface area contributed by atoms with Crippen molar-refractivity contribution in [3.8, 4) is 0 Å². The summed E-state index contributed by atoms with van der Waals surface area (Å²) in [5.74, 6) is -0.0998. The normalized spacial score (nSPS) is 14.9. The Labute approximate surface area is 133 Å². The first kappa shape index (κ1) is 15.0. The fraction of sp³-hybridized carbons (Fsp3) is 0.375. The minimum absolute atomic E-state index is 0.0998. The fourth-order valence-electron chi connectivity index (χ4n) is 2.32. The van der Waals surface area contributed by atoms with Crippen LogP contribution in [0.3, 0.4) is 0 Å². The van der Waals surface area contributed by atoms with Crippen molar-refractivity contribution >= 4 is 38.3 Å². The Morgan fingerprint density at radius 2 is 2.14 bits per heavy atom. The van der Waals surface area contributed by atoms with E-state index >= 15 is 0 Å². The zero-order valence-corrected chi connectivity index (χ0v) is 13.6. The number of hydrogen-bond donors (Lipinski definition) is 1. The molecule has 0 saturated carbocycles. The number of carbonyl (C=O) groups is 1. The topological polar surface area (TPSA) is 54.5 Å². The third-order valence-corrected chi connectivity index (χ3v) is 4.43. The van der Waals surface area contributed by atoms with Crippen molar-refractivity contribution in [3.63, 3.8) is 0 Å². The van der Waals surface area contributed by atoms with Crippen molar-refractivity contribution < 1.29 is 9.53 Å². The maximum Gasteiger partial charge on any atom is 0.248 e. The number of aromatic nitrogens is 1. The van der Waals surface area contributed by atoms with Gasteiger partial charge in [0.2, 0.25) is 5.91 Å². The van der Waals surface area contributed by atoms with Crippen LogP contribution < -0.4 is 10.2 Å². The van der Waals surface area contributed by atoms with E-state index in [-0.39, 0.29) is 5.91 Å². The predicted molar refractivity (Wildman–Crippen MR) is 90.7 cm³/mol. The second kappa shape index (κ2) is 6.46. The zero-order chi connectivity index (χ0) is 15.5. The van der Waals surface area contributed by atoms with E-state index in [1.165, 1.54) is 0 Å². The summed E-state index contributed by atoms with van der Waals surface area (Å²) in [6, 6.07) is 5.82. The van der Waals surface area contributed by atoms with Crippen LogP contribution in [-0.2, 0) is 9.53 Å². The number of hydrogen-bond acceptors (Lipinski definition) is 5. The number of allylic oxidation sites excluding steroid dienone is 1. The number of benzene rings is 1. The smallest absolute Gasteiger partial charge is 0.248 e. The van der Waals surface area contributed by atoms with Crippen LogP contribution in [-0.4, -0.2) is 37.2 Å². The molecule has 1 aliphatic heterocycles. The summed E-state index contributed by atoms with van der Waals surface area (Å²) in [5.41, 5.74) is 2.74. The molecule has 116 valence electrons. The second-order valence-electron chi connectivity index (χ2n) is 5.49. The molecule has 0 radical (unpaired) electrons. The standard InChI is InChI=1S/C16H19N3O2S/c1-11(2)9-15(20)17-12-3-4-13-14(10-12)22-16(18-13)19-5-7-21-8-6-19/h3-4,9-10H,5-8H2,1-2H3,(H,17,20). The number of nitrogens with zero attached hydrogens (tertiary/aromatic N) is 2. The summed E-state index contributed by atoms with van der Waals surface area (Å²) in [6.07, 6.45) is 1.59. The highest BCUT2D eigenvalue weighted by molar-refractivity contribution is 7.22. The molecule has 0 unspecified atom stereocenters. The Morgan fingerprint density at radius 3 is 2.86 bits per heavy atom. The molecule has 2 heterocycles. The van der Waals surface area contributed by atoms with Crippen molar-refractivity contribution in [2.45, 2.75) is 13.8 Å². The van der Waals surface area contributed by atoms with Crippen LogP contribution in [0.1, 0.15) is 13.8 Å². The number of nitrogens with one attached hydrogen (secondary N) is 1. The molecule has 1 fully saturated rings. The number of morpholine rings is 1. The van der Waals surface area contributed by atoms with Crippen LogP contribution in [0.15, 0.2) is 29.8 Å². The molecule has 5 nitrogen and oxygen atoms in total. The van der Waals surface area contributed by atoms with Gasteiger partial charge in [-0.25, -0.2) is 4.98 Å². The number of anilines is 2. The number of amides is 1. The van der Waals surface area contributed by atoms with E-state index in [0.717, 1.165) is 52.9 Å². The van der Waals surface area contributed by atoms with E-state index in [1.54, 1.807) is 17.4 Å². The number of carbonyl (C=O) groups excluding carboxylic acids is 1. The lowest BCUT2D eigenvalue weighted by atomic mass is 10.2. The molecule has 2 aromatic rings. The Kier molecular flexibility index (Phi) is 4.40. The lowest BCUT2D eigenvalue weighted by Gasteiger charge is -2.25. The molecule has 1 N–H and O–H groups in total. The SMILES string of the molecule is CC(C)=CC(=O)Nc1ccc2nc(N3CCOCC3)sc2c1. The third kappa shape index (κ3) is 3.45. The molecule has 0 bridgehead atoms. The Balaban J connectivity index is 1.80. The van der Waals surface area contributed by atoms with Gasteiger partial charge in [-0.1, -0.05) is 16.9 Å². The van der Waals surface area contributed by atoms with Gasteiger partial charge in [-0.05, 0) is 32.0 Å². The highest BCUT2D eigenvalue weighted by Crippen LogP contribution is 2.31. The summed E-state index contributed by atoms with van der Waals surface area (Å²) in [6.45, 7) is 7.06. The molecule has 1 aromatic carbocycles. The van der Waals surface area contributed by atoms with Crippen LogP contribution in [0.2, 0.25) is 0 Å². The van der Waals surface area contributed by atoms with E-state index in [0.29, 0.717) is 0 Å². The minimum Gasteiger partial charge on any atom is -0.378 e. The second-order valence-corrected chi connectivity index (χ2v) is 6.50. The fourth-order valence-corrected chi connectivity index (χ4v) is 3.38. The van der Waals surface area contributed by atoms with Crippen LogP contribution in [0, 0.1) is 0 Å². The number of rotatable bonds is 3. The minimum atomic E-state index is -0.0998. The molecular weight excluding hydrogens is 298 g/mol. The van der Waals surface area contributed by atoms with Gasteiger partial charge in [0.25, 0.3) is 0 Å². The lowest BCUT2D eigenvalue weighted by Crippen LogP contribution is -2.36. The molecule has 6 heteroatoms. The molecule has 1 amide bonds. The van der Waals surface area contributed by atoms with Gasteiger partial charge in [0, 0.05) is 24.9 Å². The average molecular weight is 317 g/mol. The van der Waals surface area contributed by atoms with Gasteiger partial charge >= 0.3 is 0 Å². The summed E-state index contributed by atoms with van der Waals surface area (Å²) >= 11 is 1.65. The predicted octanol–water partition coefficient (Wildman–Crippen LogP) is 3.04. The highest BCUT2D eigenvalue weighted by atomic mass is 32.1. The van der Waals surface area contributed by atoms with E-state index in [4.69, 9.17) is 4.74 Å². The molecule has 0 atom stereocenters. The first-order valence-corrected chi connectivity index (χ1v) is 8.12. The largest absolute Gasteiger partial charge is 0.378 e. The first-order chi connectivity index (χ1) is 10.6. The van der Waals surface area contributed by atoms with Crippen molar-refractivity contribution in [1.29, 1.82) is 0 Å². The summed E-state index contributed by atoms with van der Waals surface area (Å²) in [5, 5.41) is 3.90. The summed E-state index contributed by atoms with van der Waals surface area (Å²) in [7, 11) is 0. The quantitative estimate of drug-likeness (QED) is 0.884.